The van der Waals surface area contributed by atoms with E-state index in [1.54, 1.807) is 11.3 Å². The standard InChI is InChI=1S/C29H34N6OS/c1-5-24-27(33(4)29-32-25(18-37-29)22-8-6-19(2)7-9-22)35-17-23(10-11-26(35)31-24)21-12-14-34(15-13-21)28-30-16-20(3)36-28/h6-11,17-18,20-21H,5,12-16H2,1-4H3. The number of thiazole rings is 1. The van der Waals surface area contributed by atoms with Crippen LogP contribution in [0.15, 0.2) is 53.0 Å². The fourth-order valence-corrected chi connectivity index (χ4v) is 6.14. The highest BCUT2D eigenvalue weighted by atomic mass is 32.1. The zero-order chi connectivity index (χ0) is 25.5. The maximum Gasteiger partial charge on any atom is 0.287 e. The molecule has 1 aromatic carbocycles. The van der Waals surface area contributed by atoms with Gasteiger partial charge in [0.2, 0.25) is 0 Å². The Labute approximate surface area is 222 Å². The second kappa shape index (κ2) is 9.82. The van der Waals surface area contributed by atoms with E-state index in [0.717, 1.165) is 78.5 Å². The first kappa shape index (κ1) is 24.0. The van der Waals surface area contributed by atoms with Gasteiger partial charge in [-0.3, -0.25) is 4.40 Å². The van der Waals surface area contributed by atoms with Crippen molar-refractivity contribution in [3.8, 4) is 11.3 Å². The van der Waals surface area contributed by atoms with Crippen LogP contribution in [-0.2, 0) is 11.2 Å². The highest BCUT2D eigenvalue weighted by molar-refractivity contribution is 7.14. The average molecular weight is 515 g/mol. The molecule has 4 aromatic rings. The van der Waals surface area contributed by atoms with E-state index in [4.69, 9.17) is 14.7 Å². The number of piperidine rings is 1. The summed E-state index contributed by atoms with van der Waals surface area (Å²) < 4.78 is 8.15. The highest BCUT2D eigenvalue weighted by Gasteiger charge is 2.28. The second-order valence-electron chi connectivity index (χ2n) is 10.2. The molecule has 1 unspecified atom stereocenters. The van der Waals surface area contributed by atoms with Gasteiger partial charge in [0, 0.05) is 37.3 Å². The fraction of sp³-hybridized carbons (Fsp3) is 0.414. The summed E-state index contributed by atoms with van der Waals surface area (Å²) in [6.45, 7) is 9.09. The number of imidazole rings is 1. The van der Waals surface area contributed by atoms with Gasteiger partial charge in [-0.2, -0.15) is 0 Å². The van der Waals surface area contributed by atoms with Gasteiger partial charge < -0.3 is 14.5 Å². The minimum absolute atomic E-state index is 0.199. The van der Waals surface area contributed by atoms with E-state index in [1.807, 2.05) is 0 Å². The van der Waals surface area contributed by atoms with Crippen LogP contribution in [0.2, 0.25) is 0 Å². The number of benzene rings is 1. The van der Waals surface area contributed by atoms with Crippen LogP contribution >= 0.6 is 11.3 Å². The maximum absolute atomic E-state index is 5.89. The predicted octanol–water partition coefficient (Wildman–Crippen LogP) is 6.05. The predicted molar refractivity (Wildman–Crippen MR) is 151 cm³/mol. The van der Waals surface area contributed by atoms with E-state index in [0.29, 0.717) is 5.92 Å². The minimum Gasteiger partial charge on any atom is -0.460 e. The molecule has 7 nitrogen and oxygen atoms in total. The quantitative estimate of drug-likeness (QED) is 0.324. The zero-order valence-corrected chi connectivity index (χ0v) is 22.8. The SMILES string of the molecule is CCc1nc2ccc(C3CCN(C4=NCC(C)O4)CC3)cn2c1N(C)c1nc(-c2ccc(C)cc2)cs1. The molecule has 0 bridgehead atoms. The molecule has 1 fully saturated rings. The van der Waals surface area contributed by atoms with Crippen molar-refractivity contribution in [3.05, 3.63) is 64.8 Å². The summed E-state index contributed by atoms with van der Waals surface area (Å²) in [6, 6.07) is 13.8. The Balaban J connectivity index is 1.26. The Kier molecular flexibility index (Phi) is 6.36. The highest BCUT2D eigenvalue weighted by Crippen LogP contribution is 2.35. The number of anilines is 2. The number of aliphatic imine (C=N–C) groups is 1. The molecule has 192 valence electrons. The van der Waals surface area contributed by atoms with Crippen molar-refractivity contribution in [1.29, 1.82) is 0 Å². The first-order chi connectivity index (χ1) is 18.0. The van der Waals surface area contributed by atoms with Crippen LogP contribution in [0.25, 0.3) is 16.9 Å². The largest absolute Gasteiger partial charge is 0.460 e. The number of rotatable bonds is 5. The Bertz CT molecular complexity index is 1430. The number of ether oxygens (including phenoxy) is 1. The molecule has 0 radical (unpaired) electrons. The van der Waals surface area contributed by atoms with Gasteiger partial charge in [0.05, 0.1) is 17.9 Å². The smallest absolute Gasteiger partial charge is 0.287 e. The number of nitrogens with zero attached hydrogens (tertiary/aromatic N) is 6. The lowest BCUT2D eigenvalue weighted by molar-refractivity contribution is 0.182. The van der Waals surface area contributed by atoms with Gasteiger partial charge in [-0.25, -0.2) is 15.0 Å². The molecule has 6 rings (SSSR count). The fourth-order valence-electron chi connectivity index (χ4n) is 5.34. The van der Waals surface area contributed by atoms with Gasteiger partial charge >= 0.3 is 0 Å². The van der Waals surface area contributed by atoms with Crippen molar-refractivity contribution in [2.75, 3.05) is 31.6 Å². The zero-order valence-electron chi connectivity index (χ0n) is 22.0. The minimum atomic E-state index is 0.199. The van der Waals surface area contributed by atoms with Crippen LogP contribution in [0, 0.1) is 6.92 Å². The van der Waals surface area contributed by atoms with Crippen LogP contribution in [0.4, 0.5) is 10.9 Å². The van der Waals surface area contributed by atoms with E-state index in [-0.39, 0.29) is 6.10 Å². The Hall–Kier alpha value is -3.39. The Morgan fingerprint density at radius 1 is 1.08 bits per heavy atom. The van der Waals surface area contributed by atoms with E-state index in [1.165, 1.54) is 11.1 Å². The first-order valence-corrected chi connectivity index (χ1v) is 14.1. The summed E-state index contributed by atoms with van der Waals surface area (Å²) in [7, 11) is 2.11. The summed E-state index contributed by atoms with van der Waals surface area (Å²) in [5, 5.41) is 3.11. The number of aryl methyl sites for hydroxylation is 2. The number of pyridine rings is 1. The number of likely N-dealkylation sites (tertiary alicyclic amines) is 1. The van der Waals surface area contributed by atoms with Gasteiger partial charge in [0.1, 0.15) is 17.6 Å². The molecular formula is C29H34N6OS. The lowest BCUT2D eigenvalue weighted by Gasteiger charge is -2.32. The monoisotopic (exact) mass is 514 g/mol. The van der Waals surface area contributed by atoms with E-state index < -0.39 is 0 Å². The first-order valence-electron chi connectivity index (χ1n) is 13.2. The van der Waals surface area contributed by atoms with Gasteiger partial charge in [-0.05, 0) is 50.7 Å². The summed E-state index contributed by atoms with van der Waals surface area (Å²) >= 11 is 1.67. The summed E-state index contributed by atoms with van der Waals surface area (Å²) in [4.78, 5) is 19.0. The molecule has 2 aliphatic heterocycles. The van der Waals surface area contributed by atoms with Crippen molar-refractivity contribution < 1.29 is 4.74 Å². The number of hydrogen-bond acceptors (Lipinski definition) is 7. The lowest BCUT2D eigenvalue weighted by Crippen LogP contribution is -2.38. The third-order valence-electron chi connectivity index (χ3n) is 7.49. The molecule has 0 aliphatic carbocycles. The Morgan fingerprint density at radius 3 is 2.57 bits per heavy atom. The van der Waals surface area contributed by atoms with Crippen LogP contribution in [-0.4, -0.2) is 58.1 Å². The normalized spacial score (nSPS) is 18.3. The topological polar surface area (TPSA) is 58.3 Å². The third-order valence-corrected chi connectivity index (χ3v) is 8.41. The molecule has 0 N–H and O–H groups in total. The third kappa shape index (κ3) is 4.59. The van der Waals surface area contributed by atoms with Crippen molar-refractivity contribution in [2.45, 2.75) is 52.1 Å². The van der Waals surface area contributed by atoms with Crippen molar-refractivity contribution in [3.63, 3.8) is 0 Å². The molecular weight excluding hydrogens is 480 g/mol. The van der Waals surface area contributed by atoms with E-state index >= 15 is 0 Å². The summed E-state index contributed by atoms with van der Waals surface area (Å²) in [5.41, 5.74) is 6.85. The van der Waals surface area contributed by atoms with Gasteiger partial charge in [0.15, 0.2) is 5.13 Å². The molecule has 8 heteroatoms. The van der Waals surface area contributed by atoms with Gasteiger partial charge in [-0.15, -0.1) is 11.3 Å². The molecule has 0 amide bonds. The molecule has 1 atom stereocenters. The number of fused-ring (bicyclic) bond motifs is 1. The molecule has 5 heterocycles. The maximum atomic E-state index is 5.89. The van der Waals surface area contributed by atoms with Crippen molar-refractivity contribution in [1.82, 2.24) is 19.3 Å². The van der Waals surface area contributed by atoms with E-state index in [2.05, 4.69) is 95.0 Å². The average Bonchev–Trinajstić information content (AvgIpc) is 3.67. The molecule has 2 aliphatic rings. The van der Waals surface area contributed by atoms with Gasteiger partial charge in [-0.1, -0.05) is 42.8 Å². The number of amidine groups is 1. The van der Waals surface area contributed by atoms with Crippen LogP contribution < -0.4 is 4.90 Å². The number of aromatic nitrogens is 3. The lowest BCUT2D eigenvalue weighted by atomic mass is 9.90. The Morgan fingerprint density at radius 2 is 1.86 bits per heavy atom. The van der Waals surface area contributed by atoms with Crippen molar-refractivity contribution in [2.24, 2.45) is 4.99 Å². The summed E-state index contributed by atoms with van der Waals surface area (Å²) in [6.07, 6.45) is 5.55. The molecule has 0 spiro atoms. The molecule has 0 saturated carbocycles. The van der Waals surface area contributed by atoms with Crippen LogP contribution in [0.1, 0.15) is 49.4 Å². The number of hydrogen-bond donors (Lipinski definition) is 0. The van der Waals surface area contributed by atoms with Crippen LogP contribution in [0.3, 0.4) is 0 Å². The second-order valence-corrected chi connectivity index (χ2v) is 11.0. The molecule has 37 heavy (non-hydrogen) atoms. The van der Waals surface area contributed by atoms with E-state index in [9.17, 15) is 0 Å². The molecule has 3 aromatic heterocycles. The molecule has 1 saturated heterocycles. The van der Waals surface area contributed by atoms with Gasteiger partial charge in [0.25, 0.3) is 6.02 Å². The van der Waals surface area contributed by atoms with Crippen LogP contribution in [0.5, 0.6) is 0 Å². The summed E-state index contributed by atoms with van der Waals surface area (Å²) in [5.74, 6) is 1.61. The van der Waals surface area contributed by atoms with Crippen molar-refractivity contribution >= 4 is 34.0 Å².